The second kappa shape index (κ2) is 12.8. The molecule has 0 atom stereocenters. The minimum Gasteiger partial charge on any atom is -0.357 e. The van der Waals surface area contributed by atoms with Gasteiger partial charge in [-0.1, -0.05) is 12.1 Å². The summed E-state index contributed by atoms with van der Waals surface area (Å²) in [5, 5.41) is 15.3. The molecule has 8 heteroatoms. The normalized spacial score (nSPS) is 10.6. The molecule has 0 heterocycles. The van der Waals surface area contributed by atoms with E-state index in [4.69, 9.17) is 5.26 Å². The molecule has 2 aromatic carbocycles. The molecule has 1 amide bonds. The molecule has 0 aromatic heterocycles. The summed E-state index contributed by atoms with van der Waals surface area (Å²) in [4.78, 5) is 18.0. The predicted octanol–water partition coefficient (Wildman–Crippen LogP) is 3.31. The molecule has 0 radical (unpaired) electrons. The molecule has 0 bridgehead atoms. The highest BCUT2D eigenvalue weighted by Crippen LogP contribution is 2.11. The highest BCUT2D eigenvalue weighted by atomic mass is 127. The summed E-state index contributed by atoms with van der Waals surface area (Å²) in [6, 6.07) is 13.8. The van der Waals surface area contributed by atoms with Gasteiger partial charge in [0.2, 0.25) is 0 Å². The van der Waals surface area contributed by atoms with Crippen LogP contribution in [0.2, 0.25) is 0 Å². The van der Waals surface area contributed by atoms with Crippen LogP contribution in [0, 0.1) is 17.1 Å². The number of halogens is 2. The second-order valence-electron chi connectivity index (χ2n) is 6.69. The lowest BCUT2D eigenvalue weighted by Gasteiger charge is -2.13. The number of rotatable bonds is 7. The molecule has 0 fully saturated rings. The lowest BCUT2D eigenvalue weighted by molar-refractivity contribution is 0.0827. The summed E-state index contributed by atoms with van der Waals surface area (Å²) >= 11 is 0. The maximum Gasteiger partial charge on any atom is 0.253 e. The van der Waals surface area contributed by atoms with Crippen molar-refractivity contribution in [2.75, 3.05) is 27.2 Å². The van der Waals surface area contributed by atoms with Crippen LogP contribution < -0.4 is 10.6 Å². The van der Waals surface area contributed by atoms with Crippen LogP contribution in [-0.4, -0.2) is 44.0 Å². The van der Waals surface area contributed by atoms with Crippen molar-refractivity contribution in [3.05, 3.63) is 70.5 Å². The Bertz CT molecular complexity index is 924. The number of aliphatic imine (C=N–C) groups is 1. The van der Waals surface area contributed by atoms with Gasteiger partial charge in [0, 0.05) is 38.3 Å². The van der Waals surface area contributed by atoms with Crippen molar-refractivity contribution in [1.29, 1.82) is 5.26 Å². The van der Waals surface area contributed by atoms with Crippen molar-refractivity contribution in [2.45, 2.75) is 19.9 Å². The molecule has 2 aromatic rings. The lowest BCUT2D eigenvalue weighted by atomic mass is 10.1. The number of guanidine groups is 1. The predicted molar refractivity (Wildman–Crippen MR) is 128 cm³/mol. The standard InChI is InChI=1S/C22H26FN5O.HI/c1-4-25-22(27-15-19-13-17(14-24)8-9-20(19)23)26-11-10-16-6-5-7-18(12-16)21(29)28(2)3;/h5-9,12-13H,4,10-11,15H2,1-3H3,(H2,25,26,27);1H. The first-order valence-electron chi connectivity index (χ1n) is 9.46. The number of hydrogen-bond donors (Lipinski definition) is 2. The Labute approximate surface area is 194 Å². The Kier molecular flexibility index (Phi) is 10.8. The van der Waals surface area contributed by atoms with E-state index in [1.165, 1.54) is 18.2 Å². The van der Waals surface area contributed by atoms with Gasteiger partial charge >= 0.3 is 0 Å². The number of amides is 1. The van der Waals surface area contributed by atoms with Crippen LogP contribution in [0.3, 0.4) is 0 Å². The first-order valence-corrected chi connectivity index (χ1v) is 9.46. The summed E-state index contributed by atoms with van der Waals surface area (Å²) < 4.78 is 13.9. The molecule has 6 nitrogen and oxygen atoms in total. The molecule has 30 heavy (non-hydrogen) atoms. The smallest absolute Gasteiger partial charge is 0.253 e. The fraction of sp³-hybridized carbons (Fsp3) is 0.318. The SMILES string of the molecule is CCNC(=NCc1cc(C#N)ccc1F)NCCc1cccc(C(=O)N(C)C)c1.I. The summed E-state index contributed by atoms with van der Waals surface area (Å²) in [5.41, 5.74) is 2.47. The van der Waals surface area contributed by atoms with Gasteiger partial charge in [-0.3, -0.25) is 4.79 Å². The molecular weight excluding hydrogens is 496 g/mol. The van der Waals surface area contributed by atoms with Gasteiger partial charge in [0.05, 0.1) is 18.2 Å². The Morgan fingerprint density at radius 3 is 2.63 bits per heavy atom. The van der Waals surface area contributed by atoms with Crippen LogP contribution >= 0.6 is 24.0 Å². The maximum atomic E-state index is 13.9. The molecule has 2 rings (SSSR count). The maximum absolute atomic E-state index is 13.9. The molecule has 0 aliphatic heterocycles. The Balaban J connectivity index is 0.00000450. The molecule has 0 aliphatic carbocycles. The topological polar surface area (TPSA) is 80.5 Å². The van der Waals surface area contributed by atoms with Gasteiger partial charge in [-0.25, -0.2) is 9.38 Å². The van der Waals surface area contributed by atoms with Gasteiger partial charge in [-0.05, 0) is 49.2 Å². The van der Waals surface area contributed by atoms with E-state index in [1.54, 1.807) is 25.1 Å². The van der Waals surface area contributed by atoms with E-state index in [9.17, 15) is 9.18 Å². The first kappa shape index (κ1) is 25.4. The summed E-state index contributed by atoms with van der Waals surface area (Å²) in [7, 11) is 3.45. The molecule has 0 saturated carbocycles. The zero-order chi connectivity index (χ0) is 21.2. The van der Waals surface area contributed by atoms with E-state index in [1.807, 2.05) is 31.2 Å². The third kappa shape index (κ3) is 7.63. The average molecular weight is 523 g/mol. The Morgan fingerprint density at radius 1 is 1.20 bits per heavy atom. The van der Waals surface area contributed by atoms with Crippen LogP contribution in [0.5, 0.6) is 0 Å². The third-order valence-electron chi connectivity index (χ3n) is 4.21. The molecule has 160 valence electrons. The monoisotopic (exact) mass is 523 g/mol. The van der Waals surface area contributed by atoms with Crippen molar-refractivity contribution in [2.24, 2.45) is 4.99 Å². The number of benzene rings is 2. The van der Waals surface area contributed by atoms with Crippen molar-refractivity contribution >= 4 is 35.8 Å². The molecular formula is C22H27FIN5O. The minimum absolute atomic E-state index is 0. The number of carbonyl (C=O) groups excluding carboxylic acids is 1. The van der Waals surface area contributed by atoms with Crippen LogP contribution in [0.1, 0.15) is 34.0 Å². The average Bonchev–Trinajstić information content (AvgIpc) is 2.72. The van der Waals surface area contributed by atoms with Crippen molar-refractivity contribution < 1.29 is 9.18 Å². The van der Waals surface area contributed by atoms with Crippen molar-refractivity contribution in [3.8, 4) is 6.07 Å². The van der Waals surface area contributed by atoms with E-state index in [-0.39, 0.29) is 42.2 Å². The van der Waals surface area contributed by atoms with Crippen LogP contribution in [0.4, 0.5) is 4.39 Å². The quantitative estimate of drug-likeness (QED) is 0.332. The van der Waals surface area contributed by atoms with E-state index in [0.717, 1.165) is 5.56 Å². The molecule has 0 unspecified atom stereocenters. The first-order chi connectivity index (χ1) is 13.9. The van der Waals surface area contributed by atoms with E-state index in [2.05, 4.69) is 15.6 Å². The van der Waals surface area contributed by atoms with Gasteiger partial charge < -0.3 is 15.5 Å². The van der Waals surface area contributed by atoms with E-state index in [0.29, 0.717) is 42.2 Å². The summed E-state index contributed by atoms with van der Waals surface area (Å²) in [6.07, 6.45) is 0.706. The zero-order valence-corrected chi connectivity index (χ0v) is 19.7. The number of nitrogens with one attached hydrogen (secondary N) is 2. The molecule has 0 saturated heterocycles. The van der Waals surface area contributed by atoms with Gasteiger partial charge in [0.25, 0.3) is 5.91 Å². The summed E-state index contributed by atoms with van der Waals surface area (Å²) in [6.45, 7) is 3.35. The highest BCUT2D eigenvalue weighted by Gasteiger charge is 2.08. The molecule has 0 spiro atoms. The fourth-order valence-electron chi connectivity index (χ4n) is 2.71. The Morgan fingerprint density at radius 2 is 1.97 bits per heavy atom. The number of carbonyl (C=O) groups is 1. The number of nitriles is 1. The fourth-order valence-corrected chi connectivity index (χ4v) is 2.71. The second-order valence-corrected chi connectivity index (χ2v) is 6.69. The number of hydrogen-bond acceptors (Lipinski definition) is 3. The van der Waals surface area contributed by atoms with E-state index < -0.39 is 0 Å². The van der Waals surface area contributed by atoms with Crippen LogP contribution in [0.25, 0.3) is 0 Å². The van der Waals surface area contributed by atoms with Gasteiger partial charge in [-0.15, -0.1) is 24.0 Å². The van der Waals surface area contributed by atoms with E-state index >= 15 is 0 Å². The van der Waals surface area contributed by atoms with Crippen molar-refractivity contribution in [3.63, 3.8) is 0 Å². The molecule has 0 aliphatic rings. The zero-order valence-electron chi connectivity index (χ0n) is 17.4. The van der Waals surface area contributed by atoms with Gasteiger partial charge in [-0.2, -0.15) is 5.26 Å². The minimum atomic E-state index is -0.383. The van der Waals surface area contributed by atoms with Crippen molar-refractivity contribution in [1.82, 2.24) is 15.5 Å². The van der Waals surface area contributed by atoms with Gasteiger partial charge in [0.15, 0.2) is 5.96 Å². The summed E-state index contributed by atoms with van der Waals surface area (Å²) in [5.74, 6) is 0.150. The third-order valence-corrected chi connectivity index (χ3v) is 4.21. The van der Waals surface area contributed by atoms with Crippen LogP contribution in [0.15, 0.2) is 47.5 Å². The van der Waals surface area contributed by atoms with Gasteiger partial charge in [0.1, 0.15) is 5.82 Å². The largest absolute Gasteiger partial charge is 0.357 e. The number of nitrogens with zero attached hydrogens (tertiary/aromatic N) is 3. The Hall–Kier alpha value is -2.67. The highest BCUT2D eigenvalue weighted by molar-refractivity contribution is 14.0. The van der Waals surface area contributed by atoms with Crippen LogP contribution in [-0.2, 0) is 13.0 Å². The molecule has 2 N–H and O–H groups in total. The lowest BCUT2D eigenvalue weighted by Crippen LogP contribution is -2.38.